The summed E-state index contributed by atoms with van der Waals surface area (Å²) in [6.07, 6.45) is 5.67. The van der Waals surface area contributed by atoms with Crippen molar-refractivity contribution in [3.63, 3.8) is 0 Å². The number of nitrogens with one attached hydrogen (secondary N) is 2. The van der Waals surface area contributed by atoms with E-state index < -0.39 is 0 Å². The number of hydrogen-bond acceptors (Lipinski definition) is 4. The maximum absolute atomic E-state index is 4.82. The third-order valence-corrected chi connectivity index (χ3v) is 5.83. The smallest absolute Gasteiger partial charge is 0.191 e. The predicted octanol–water partition coefficient (Wildman–Crippen LogP) is 1.83. The molecule has 0 aromatic carbocycles. The standard InChI is InChI=1S/C20H37N7/c1-5-21-20(23-17-14-26(15(2)3)13-16(17)4)22-11-10-19-25-24-18-9-7-6-8-12-27(18)19/h15-17H,5-14H2,1-4H3,(H2,21,22,23). The van der Waals surface area contributed by atoms with Gasteiger partial charge in [0.25, 0.3) is 0 Å². The fourth-order valence-electron chi connectivity index (χ4n) is 4.11. The summed E-state index contributed by atoms with van der Waals surface area (Å²) in [7, 11) is 0. The van der Waals surface area contributed by atoms with Crippen molar-refractivity contribution in [2.24, 2.45) is 10.9 Å². The van der Waals surface area contributed by atoms with E-state index in [1.165, 1.54) is 19.3 Å². The summed E-state index contributed by atoms with van der Waals surface area (Å²) in [4.78, 5) is 7.36. The highest BCUT2D eigenvalue weighted by Gasteiger charge is 2.31. The van der Waals surface area contributed by atoms with Crippen molar-refractivity contribution in [1.29, 1.82) is 0 Å². The fourth-order valence-corrected chi connectivity index (χ4v) is 4.11. The first-order valence-corrected chi connectivity index (χ1v) is 10.8. The topological polar surface area (TPSA) is 70.4 Å². The van der Waals surface area contributed by atoms with Gasteiger partial charge in [0.1, 0.15) is 11.6 Å². The molecular formula is C20H37N7. The first kappa shape index (κ1) is 20.1. The Labute approximate surface area is 164 Å². The SMILES string of the molecule is CCNC(=NCCc1nnc2n1CCCCC2)NC1CN(C(C)C)CC1C. The lowest BCUT2D eigenvalue weighted by Crippen LogP contribution is -2.47. The zero-order valence-corrected chi connectivity index (χ0v) is 17.5. The normalized spacial score (nSPS) is 24.1. The van der Waals surface area contributed by atoms with Crippen LogP contribution in [-0.2, 0) is 19.4 Å². The lowest BCUT2D eigenvalue weighted by atomic mass is 10.1. The van der Waals surface area contributed by atoms with Crippen molar-refractivity contribution >= 4 is 5.96 Å². The van der Waals surface area contributed by atoms with Crippen LogP contribution in [0.3, 0.4) is 0 Å². The van der Waals surface area contributed by atoms with Gasteiger partial charge in [0.2, 0.25) is 0 Å². The van der Waals surface area contributed by atoms with Gasteiger partial charge in [-0.2, -0.15) is 0 Å². The Bertz CT molecular complexity index is 622. The van der Waals surface area contributed by atoms with E-state index in [1.54, 1.807) is 0 Å². The number of aryl methyl sites for hydroxylation is 1. The second-order valence-corrected chi connectivity index (χ2v) is 8.28. The highest BCUT2D eigenvalue weighted by molar-refractivity contribution is 5.80. The van der Waals surface area contributed by atoms with Gasteiger partial charge in [0.15, 0.2) is 5.96 Å². The van der Waals surface area contributed by atoms with Crippen molar-refractivity contribution < 1.29 is 0 Å². The van der Waals surface area contributed by atoms with Crippen LogP contribution in [0.4, 0.5) is 0 Å². The second-order valence-electron chi connectivity index (χ2n) is 8.28. The van der Waals surface area contributed by atoms with E-state index in [0.29, 0.717) is 18.0 Å². The van der Waals surface area contributed by atoms with E-state index in [0.717, 1.165) is 63.2 Å². The number of fused-ring (bicyclic) bond motifs is 1. The van der Waals surface area contributed by atoms with E-state index in [4.69, 9.17) is 4.99 Å². The van der Waals surface area contributed by atoms with Gasteiger partial charge in [0, 0.05) is 57.6 Å². The number of nitrogens with zero attached hydrogens (tertiary/aromatic N) is 5. The first-order valence-electron chi connectivity index (χ1n) is 10.8. The molecule has 152 valence electrons. The molecule has 7 nitrogen and oxygen atoms in total. The molecule has 2 aliphatic rings. The number of guanidine groups is 1. The minimum atomic E-state index is 0.453. The van der Waals surface area contributed by atoms with Crippen molar-refractivity contribution in [2.75, 3.05) is 26.2 Å². The van der Waals surface area contributed by atoms with Crippen molar-refractivity contribution in [3.8, 4) is 0 Å². The van der Waals surface area contributed by atoms with Gasteiger partial charge in [0.05, 0.1) is 0 Å². The first-order chi connectivity index (χ1) is 13.1. The lowest BCUT2D eigenvalue weighted by Gasteiger charge is -2.22. The molecule has 0 amide bonds. The second kappa shape index (κ2) is 9.53. The number of likely N-dealkylation sites (tertiary alicyclic amines) is 1. The number of aromatic nitrogens is 3. The van der Waals surface area contributed by atoms with Crippen LogP contribution in [0, 0.1) is 5.92 Å². The zero-order chi connectivity index (χ0) is 19.2. The highest BCUT2D eigenvalue weighted by atomic mass is 15.3. The van der Waals surface area contributed by atoms with Gasteiger partial charge in [-0.05, 0) is 39.5 Å². The van der Waals surface area contributed by atoms with Crippen LogP contribution in [0.1, 0.15) is 58.6 Å². The van der Waals surface area contributed by atoms with Gasteiger partial charge in [-0.1, -0.05) is 13.3 Å². The zero-order valence-electron chi connectivity index (χ0n) is 17.5. The van der Waals surface area contributed by atoms with Crippen molar-refractivity contribution in [2.45, 2.75) is 78.4 Å². The minimum Gasteiger partial charge on any atom is -0.357 e. The van der Waals surface area contributed by atoms with E-state index in [1.807, 2.05) is 0 Å². The Hall–Kier alpha value is -1.63. The van der Waals surface area contributed by atoms with E-state index in [9.17, 15) is 0 Å². The van der Waals surface area contributed by atoms with Gasteiger partial charge >= 0.3 is 0 Å². The van der Waals surface area contributed by atoms with Crippen molar-refractivity contribution in [3.05, 3.63) is 11.6 Å². The van der Waals surface area contributed by atoms with Crippen molar-refractivity contribution in [1.82, 2.24) is 30.3 Å². The molecule has 2 aliphatic heterocycles. The van der Waals surface area contributed by atoms with Gasteiger partial charge in [-0.15, -0.1) is 10.2 Å². The molecule has 2 atom stereocenters. The number of hydrogen-bond donors (Lipinski definition) is 2. The molecule has 7 heteroatoms. The molecule has 1 saturated heterocycles. The van der Waals surface area contributed by atoms with Crippen LogP contribution >= 0.6 is 0 Å². The Balaban J connectivity index is 1.57. The van der Waals surface area contributed by atoms with Crippen LogP contribution in [0.25, 0.3) is 0 Å². The molecule has 27 heavy (non-hydrogen) atoms. The summed E-state index contributed by atoms with van der Waals surface area (Å²) in [5, 5.41) is 15.9. The van der Waals surface area contributed by atoms with Gasteiger partial charge in [-0.25, -0.2) is 0 Å². The molecule has 2 unspecified atom stereocenters. The van der Waals surface area contributed by atoms with Crippen LogP contribution in [0.5, 0.6) is 0 Å². The molecule has 0 radical (unpaired) electrons. The summed E-state index contributed by atoms with van der Waals surface area (Å²) in [5.41, 5.74) is 0. The average molecular weight is 376 g/mol. The number of rotatable bonds is 6. The number of aliphatic imine (C=N–C) groups is 1. The molecule has 2 N–H and O–H groups in total. The Morgan fingerprint density at radius 2 is 2.07 bits per heavy atom. The molecule has 1 aromatic rings. The molecule has 1 aromatic heterocycles. The quantitative estimate of drug-likeness (QED) is 0.586. The third-order valence-electron chi connectivity index (χ3n) is 5.83. The van der Waals surface area contributed by atoms with Crippen LogP contribution < -0.4 is 10.6 Å². The molecule has 0 aliphatic carbocycles. The lowest BCUT2D eigenvalue weighted by molar-refractivity contribution is 0.265. The summed E-state index contributed by atoms with van der Waals surface area (Å²) < 4.78 is 2.32. The fraction of sp³-hybridized carbons (Fsp3) is 0.850. The Morgan fingerprint density at radius 3 is 2.81 bits per heavy atom. The molecule has 0 bridgehead atoms. The molecule has 1 fully saturated rings. The molecule has 3 heterocycles. The van der Waals surface area contributed by atoms with Gasteiger partial charge < -0.3 is 15.2 Å². The predicted molar refractivity (Wildman–Crippen MR) is 110 cm³/mol. The summed E-state index contributed by atoms with van der Waals surface area (Å²) in [6.45, 7) is 13.9. The Kier molecular flexibility index (Phi) is 7.10. The van der Waals surface area contributed by atoms with E-state index in [-0.39, 0.29) is 0 Å². The average Bonchev–Trinajstić information content (AvgIpc) is 3.10. The van der Waals surface area contributed by atoms with Crippen LogP contribution in [-0.4, -0.2) is 63.9 Å². The molecule has 3 rings (SSSR count). The summed E-state index contributed by atoms with van der Waals surface area (Å²) in [5.74, 6) is 3.80. The maximum Gasteiger partial charge on any atom is 0.191 e. The third kappa shape index (κ3) is 5.21. The summed E-state index contributed by atoms with van der Waals surface area (Å²) in [6, 6.07) is 1.05. The largest absolute Gasteiger partial charge is 0.357 e. The molecule has 0 spiro atoms. The maximum atomic E-state index is 4.82. The van der Waals surface area contributed by atoms with E-state index >= 15 is 0 Å². The monoisotopic (exact) mass is 375 g/mol. The van der Waals surface area contributed by atoms with Crippen LogP contribution in [0.15, 0.2) is 4.99 Å². The van der Waals surface area contributed by atoms with E-state index in [2.05, 4.69) is 58.0 Å². The molecular weight excluding hydrogens is 338 g/mol. The minimum absolute atomic E-state index is 0.453. The molecule has 0 saturated carbocycles. The highest BCUT2D eigenvalue weighted by Crippen LogP contribution is 2.18. The Morgan fingerprint density at radius 1 is 1.22 bits per heavy atom. The van der Waals surface area contributed by atoms with Gasteiger partial charge in [-0.3, -0.25) is 9.89 Å². The van der Waals surface area contributed by atoms with Crippen LogP contribution in [0.2, 0.25) is 0 Å². The summed E-state index contributed by atoms with van der Waals surface area (Å²) >= 11 is 0.